The van der Waals surface area contributed by atoms with Gasteiger partial charge in [-0.15, -0.1) is 0 Å². The van der Waals surface area contributed by atoms with Crippen LogP contribution in [0.4, 0.5) is 5.69 Å². The summed E-state index contributed by atoms with van der Waals surface area (Å²) in [7, 11) is 1.50. The van der Waals surface area contributed by atoms with Gasteiger partial charge in [-0.1, -0.05) is 31.2 Å². The largest absolute Gasteiger partial charge is 0.493 e. The number of methoxy groups -OCH3 is 1. The van der Waals surface area contributed by atoms with E-state index in [1.807, 2.05) is 24.3 Å². The fourth-order valence-electron chi connectivity index (χ4n) is 2.31. The van der Waals surface area contributed by atoms with Gasteiger partial charge in [0.15, 0.2) is 11.5 Å². The van der Waals surface area contributed by atoms with Crippen LogP contribution in [0.15, 0.2) is 36.4 Å². The zero-order valence-corrected chi connectivity index (χ0v) is 13.5. The van der Waals surface area contributed by atoms with Gasteiger partial charge in [0.05, 0.1) is 19.4 Å². The topological polar surface area (TPSA) is 84.9 Å². The van der Waals surface area contributed by atoms with Crippen molar-refractivity contribution in [3.63, 3.8) is 0 Å². The van der Waals surface area contributed by atoms with E-state index < -0.39 is 6.10 Å². The Labute approximate surface area is 136 Å². The highest BCUT2D eigenvalue weighted by Gasteiger charge is 2.14. The first-order chi connectivity index (χ1) is 11.1. The average Bonchev–Trinajstić information content (AvgIpc) is 2.59. The molecule has 0 spiro atoms. The van der Waals surface area contributed by atoms with Gasteiger partial charge in [0.25, 0.3) is 0 Å². The fourth-order valence-corrected chi connectivity index (χ4v) is 2.31. The molecule has 23 heavy (non-hydrogen) atoms. The lowest BCUT2D eigenvalue weighted by Gasteiger charge is -2.17. The van der Waals surface area contributed by atoms with E-state index in [4.69, 9.17) is 15.2 Å². The normalized spacial score (nSPS) is 12.0. The molecule has 0 bridgehead atoms. The minimum atomic E-state index is -0.762. The Morgan fingerprint density at radius 3 is 2.39 bits per heavy atom. The van der Waals surface area contributed by atoms with E-state index in [0.717, 1.165) is 12.0 Å². The number of ether oxygens (including phenoxy) is 2. The summed E-state index contributed by atoms with van der Waals surface area (Å²) in [6.07, 6.45) is 0.195. The van der Waals surface area contributed by atoms with Crippen LogP contribution in [0.5, 0.6) is 11.5 Å². The van der Waals surface area contributed by atoms with Gasteiger partial charge < -0.3 is 25.4 Å². The van der Waals surface area contributed by atoms with Crippen LogP contribution >= 0.6 is 0 Å². The van der Waals surface area contributed by atoms with Crippen LogP contribution in [0.25, 0.3) is 0 Å². The van der Waals surface area contributed by atoms with Crippen molar-refractivity contribution in [2.45, 2.75) is 26.1 Å². The Morgan fingerprint density at radius 1 is 1.13 bits per heavy atom. The monoisotopic (exact) mass is 317 g/mol. The van der Waals surface area contributed by atoms with E-state index in [1.54, 1.807) is 12.1 Å². The Balaban J connectivity index is 2.10. The van der Waals surface area contributed by atoms with Gasteiger partial charge in [-0.2, -0.15) is 0 Å². The fraction of sp³-hybridized carbons (Fsp3) is 0.333. The van der Waals surface area contributed by atoms with E-state index in [1.165, 1.54) is 12.7 Å². The smallest absolute Gasteiger partial charge is 0.184 e. The van der Waals surface area contributed by atoms with Gasteiger partial charge in [0.1, 0.15) is 12.7 Å². The summed E-state index contributed by atoms with van der Waals surface area (Å²) in [5, 5.41) is 19.4. The van der Waals surface area contributed by atoms with Crippen molar-refractivity contribution in [1.29, 1.82) is 0 Å². The molecule has 0 aliphatic heterocycles. The molecule has 5 heteroatoms. The van der Waals surface area contributed by atoms with Crippen molar-refractivity contribution in [3.05, 3.63) is 53.1 Å². The lowest BCUT2D eigenvalue weighted by atomic mass is 10.1. The Morgan fingerprint density at radius 2 is 1.83 bits per heavy atom. The highest BCUT2D eigenvalue weighted by atomic mass is 16.5. The molecule has 4 N–H and O–H groups in total. The number of hydrogen-bond acceptors (Lipinski definition) is 5. The van der Waals surface area contributed by atoms with E-state index in [0.29, 0.717) is 22.7 Å². The molecule has 0 heterocycles. The molecule has 0 radical (unpaired) electrons. The summed E-state index contributed by atoms with van der Waals surface area (Å²) in [5.74, 6) is 0.802. The number of rotatable bonds is 7. The predicted molar refractivity (Wildman–Crippen MR) is 89.6 cm³/mol. The standard InChI is InChI=1S/C18H23NO4/c1-3-12-4-6-14(7-5-12)16(21)11-23-18-15(19)8-13(10-20)9-17(18)22-2/h4-9,16,20-21H,3,10-11,19H2,1-2H3. The van der Waals surface area contributed by atoms with Crippen molar-refractivity contribution < 1.29 is 19.7 Å². The van der Waals surface area contributed by atoms with Crippen molar-refractivity contribution >= 4 is 5.69 Å². The van der Waals surface area contributed by atoms with Crippen LogP contribution < -0.4 is 15.2 Å². The third-order valence-electron chi connectivity index (χ3n) is 3.70. The van der Waals surface area contributed by atoms with Crippen LogP contribution in [-0.4, -0.2) is 23.9 Å². The van der Waals surface area contributed by atoms with E-state index in [9.17, 15) is 10.2 Å². The molecule has 0 aromatic heterocycles. The molecular formula is C18H23NO4. The molecule has 0 aliphatic carbocycles. The van der Waals surface area contributed by atoms with Gasteiger partial charge in [0.2, 0.25) is 0 Å². The van der Waals surface area contributed by atoms with Crippen molar-refractivity contribution in [1.82, 2.24) is 0 Å². The number of hydrogen-bond donors (Lipinski definition) is 3. The van der Waals surface area contributed by atoms with Gasteiger partial charge in [-0.3, -0.25) is 0 Å². The molecular weight excluding hydrogens is 294 g/mol. The second-order valence-corrected chi connectivity index (χ2v) is 5.30. The van der Waals surface area contributed by atoms with Crippen LogP contribution in [0.2, 0.25) is 0 Å². The van der Waals surface area contributed by atoms with Gasteiger partial charge in [0, 0.05) is 0 Å². The second kappa shape index (κ2) is 7.85. The minimum absolute atomic E-state index is 0.0600. The molecule has 124 valence electrons. The quantitative estimate of drug-likeness (QED) is 0.683. The number of aryl methyl sites for hydroxylation is 1. The molecule has 0 saturated heterocycles. The lowest BCUT2D eigenvalue weighted by molar-refractivity contribution is 0.107. The lowest BCUT2D eigenvalue weighted by Crippen LogP contribution is -2.11. The zero-order valence-electron chi connectivity index (χ0n) is 13.5. The van der Waals surface area contributed by atoms with Gasteiger partial charge in [-0.25, -0.2) is 0 Å². The summed E-state index contributed by atoms with van der Waals surface area (Å²) >= 11 is 0. The van der Waals surface area contributed by atoms with Gasteiger partial charge >= 0.3 is 0 Å². The third-order valence-corrected chi connectivity index (χ3v) is 3.70. The molecule has 0 fully saturated rings. The van der Waals surface area contributed by atoms with Crippen LogP contribution in [0.3, 0.4) is 0 Å². The first-order valence-electron chi connectivity index (χ1n) is 7.56. The Bertz CT molecular complexity index is 640. The molecule has 0 saturated carbocycles. The van der Waals surface area contributed by atoms with Crippen molar-refractivity contribution in [2.75, 3.05) is 19.5 Å². The Kier molecular flexibility index (Phi) is 5.84. The van der Waals surface area contributed by atoms with Gasteiger partial charge in [-0.05, 0) is 35.2 Å². The molecule has 2 rings (SSSR count). The molecule has 0 amide bonds. The number of anilines is 1. The number of nitrogens with two attached hydrogens (primary N) is 1. The van der Waals surface area contributed by atoms with Crippen molar-refractivity contribution in [2.24, 2.45) is 0 Å². The van der Waals surface area contributed by atoms with Crippen molar-refractivity contribution in [3.8, 4) is 11.5 Å². The molecule has 5 nitrogen and oxygen atoms in total. The highest BCUT2D eigenvalue weighted by molar-refractivity contribution is 5.62. The molecule has 0 aliphatic rings. The molecule has 2 aromatic rings. The summed E-state index contributed by atoms with van der Waals surface area (Å²) in [4.78, 5) is 0. The summed E-state index contributed by atoms with van der Waals surface area (Å²) < 4.78 is 10.9. The Hall–Kier alpha value is -2.24. The van der Waals surface area contributed by atoms with Crippen LogP contribution in [0.1, 0.15) is 29.7 Å². The first kappa shape index (κ1) is 17.1. The van der Waals surface area contributed by atoms with E-state index >= 15 is 0 Å². The zero-order chi connectivity index (χ0) is 16.8. The minimum Gasteiger partial charge on any atom is -0.493 e. The van der Waals surface area contributed by atoms with Crippen LogP contribution in [-0.2, 0) is 13.0 Å². The molecule has 1 unspecified atom stereocenters. The number of nitrogen functional groups attached to an aromatic ring is 1. The maximum absolute atomic E-state index is 10.3. The average molecular weight is 317 g/mol. The summed E-state index contributed by atoms with van der Waals surface area (Å²) in [6.45, 7) is 2.01. The summed E-state index contributed by atoms with van der Waals surface area (Å²) in [6, 6.07) is 11.0. The van der Waals surface area contributed by atoms with Crippen LogP contribution in [0, 0.1) is 0 Å². The highest BCUT2D eigenvalue weighted by Crippen LogP contribution is 2.35. The first-order valence-corrected chi connectivity index (χ1v) is 7.56. The van der Waals surface area contributed by atoms with E-state index in [2.05, 4.69) is 6.92 Å². The third kappa shape index (κ3) is 4.15. The number of aliphatic hydroxyl groups is 2. The number of aliphatic hydroxyl groups excluding tert-OH is 2. The number of benzene rings is 2. The predicted octanol–water partition coefficient (Wildman–Crippen LogP) is 2.44. The molecule has 1 atom stereocenters. The molecule has 2 aromatic carbocycles. The van der Waals surface area contributed by atoms with E-state index in [-0.39, 0.29) is 13.2 Å². The SMILES string of the molecule is CCc1ccc(C(O)COc2c(N)cc(CO)cc2OC)cc1. The maximum Gasteiger partial charge on any atom is 0.184 e. The summed E-state index contributed by atoms with van der Waals surface area (Å²) in [5.41, 5.74) is 8.94. The maximum atomic E-state index is 10.3. The second-order valence-electron chi connectivity index (χ2n) is 5.30.